The van der Waals surface area contributed by atoms with E-state index in [0.717, 1.165) is 10.5 Å². The molecule has 0 aliphatic heterocycles. The minimum Gasteiger partial charge on any atom is -0.357 e. The highest BCUT2D eigenvalue weighted by Crippen LogP contribution is 2.21. The standard InChI is InChI=1S/C22H28N2O2S/c1-5-20(22(26)23-4)24(14-18-10-6-16(2)7-11-18)21(25)15-27-19-12-8-17(3)9-13-19/h6-13,20H,5,14-15H2,1-4H3,(H,23,26). The summed E-state index contributed by atoms with van der Waals surface area (Å²) >= 11 is 1.50. The summed E-state index contributed by atoms with van der Waals surface area (Å²) in [5.74, 6) is 0.150. The fourth-order valence-corrected chi connectivity index (χ4v) is 3.62. The van der Waals surface area contributed by atoms with Gasteiger partial charge in [-0.2, -0.15) is 0 Å². The molecule has 1 unspecified atom stereocenters. The topological polar surface area (TPSA) is 49.4 Å². The number of rotatable bonds is 8. The lowest BCUT2D eigenvalue weighted by atomic mass is 10.1. The first kappa shape index (κ1) is 21.0. The Morgan fingerprint density at radius 2 is 1.56 bits per heavy atom. The smallest absolute Gasteiger partial charge is 0.242 e. The molecule has 1 atom stereocenters. The van der Waals surface area contributed by atoms with Gasteiger partial charge in [-0.05, 0) is 38.0 Å². The van der Waals surface area contributed by atoms with Crippen molar-refractivity contribution >= 4 is 23.6 Å². The van der Waals surface area contributed by atoms with E-state index in [4.69, 9.17) is 0 Å². The van der Waals surface area contributed by atoms with Crippen molar-refractivity contribution in [3.05, 3.63) is 65.2 Å². The van der Waals surface area contributed by atoms with E-state index in [1.165, 1.54) is 22.9 Å². The van der Waals surface area contributed by atoms with Crippen LogP contribution in [0.15, 0.2) is 53.4 Å². The van der Waals surface area contributed by atoms with Gasteiger partial charge in [0.1, 0.15) is 6.04 Å². The third kappa shape index (κ3) is 6.14. The molecule has 0 aromatic heterocycles. The molecule has 2 aromatic carbocycles. The van der Waals surface area contributed by atoms with Crippen molar-refractivity contribution in [2.24, 2.45) is 0 Å². The maximum Gasteiger partial charge on any atom is 0.242 e. The quantitative estimate of drug-likeness (QED) is 0.701. The number of carbonyl (C=O) groups excluding carboxylic acids is 2. The van der Waals surface area contributed by atoms with Crippen LogP contribution in [0.3, 0.4) is 0 Å². The van der Waals surface area contributed by atoms with E-state index in [2.05, 4.69) is 5.32 Å². The number of aryl methyl sites for hydroxylation is 2. The molecule has 27 heavy (non-hydrogen) atoms. The normalized spacial score (nSPS) is 11.7. The van der Waals surface area contributed by atoms with Gasteiger partial charge in [-0.3, -0.25) is 9.59 Å². The molecule has 5 heteroatoms. The Hall–Kier alpha value is -2.27. The predicted molar refractivity (Wildman–Crippen MR) is 112 cm³/mol. The van der Waals surface area contributed by atoms with Crippen LogP contribution in [0.5, 0.6) is 0 Å². The summed E-state index contributed by atoms with van der Waals surface area (Å²) in [7, 11) is 1.61. The van der Waals surface area contributed by atoms with Crippen LogP contribution in [0.25, 0.3) is 0 Å². The number of hydrogen-bond donors (Lipinski definition) is 1. The van der Waals surface area contributed by atoms with Crippen LogP contribution >= 0.6 is 11.8 Å². The van der Waals surface area contributed by atoms with Crippen LogP contribution in [-0.4, -0.2) is 35.6 Å². The average molecular weight is 385 g/mol. The van der Waals surface area contributed by atoms with E-state index < -0.39 is 6.04 Å². The minimum atomic E-state index is -0.470. The van der Waals surface area contributed by atoms with Gasteiger partial charge < -0.3 is 10.2 Å². The molecule has 0 spiro atoms. The Kier molecular flexibility index (Phi) is 7.92. The lowest BCUT2D eigenvalue weighted by molar-refractivity contribution is -0.139. The first-order valence-corrected chi connectivity index (χ1v) is 10.2. The summed E-state index contributed by atoms with van der Waals surface area (Å²) in [6.45, 7) is 6.43. The molecule has 0 aliphatic rings. The summed E-state index contributed by atoms with van der Waals surface area (Å²) in [5.41, 5.74) is 3.39. The van der Waals surface area contributed by atoms with Gasteiger partial charge in [0.05, 0.1) is 5.75 Å². The fraction of sp³-hybridized carbons (Fsp3) is 0.364. The van der Waals surface area contributed by atoms with Gasteiger partial charge in [0.2, 0.25) is 11.8 Å². The number of thioether (sulfide) groups is 1. The highest BCUT2D eigenvalue weighted by atomic mass is 32.2. The summed E-state index contributed by atoms with van der Waals surface area (Å²) in [6.07, 6.45) is 0.576. The second-order valence-electron chi connectivity index (χ2n) is 6.65. The fourth-order valence-electron chi connectivity index (χ4n) is 2.84. The van der Waals surface area contributed by atoms with E-state index in [1.54, 1.807) is 11.9 Å². The molecule has 0 radical (unpaired) electrons. The number of nitrogens with zero attached hydrogens (tertiary/aromatic N) is 1. The average Bonchev–Trinajstić information content (AvgIpc) is 2.68. The molecule has 144 valence electrons. The third-order valence-corrected chi connectivity index (χ3v) is 5.49. The van der Waals surface area contributed by atoms with Crippen molar-refractivity contribution in [2.75, 3.05) is 12.8 Å². The largest absolute Gasteiger partial charge is 0.357 e. The van der Waals surface area contributed by atoms with E-state index >= 15 is 0 Å². The summed E-state index contributed by atoms with van der Waals surface area (Å²) < 4.78 is 0. The van der Waals surface area contributed by atoms with E-state index in [9.17, 15) is 9.59 Å². The predicted octanol–water partition coefficient (Wildman–Crippen LogP) is 3.95. The molecule has 0 saturated heterocycles. The molecule has 0 bridgehead atoms. The van der Waals surface area contributed by atoms with Gasteiger partial charge >= 0.3 is 0 Å². The van der Waals surface area contributed by atoms with Crippen LogP contribution in [0, 0.1) is 13.8 Å². The van der Waals surface area contributed by atoms with Crippen LogP contribution in [0.1, 0.15) is 30.0 Å². The maximum absolute atomic E-state index is 13.0. The van der Waals surface area contributed by atoms with Crippen LogP contribution in [0.4, 0.5) is 0 Å². The molecule has 0 saturated carbocycles. The Labute approximate surface area is 166 Å². The monoisotopic (exact) mass is 384 g/mol. The summed E-state index contributed by atoms with van der Waals surface area (Å²) in [4.78, 5) is 28.1. The molecule has 2 rings (SSSR count). The molecule has 0 aliphatic carbocycles. The zero-order chi connectivity index (χ0) is 19.8. The van der Waals surface area contributed by atoms with Crippen molar-refractivity contribution in [3.8, 4) is 0 Å². The highest BCUT2D eigenvalue weighted by Gasteiger charge is 2.27. The Balaban J connectivity index is 2.15. The van der Waals surface area contributed by atoms with Crippen molar-refractivity contribution < 1.29 is 9.59 Å². The van der Waals surface area contributed by atoms with Crippen LogP contribution in [0.2, 0.25) is 0 Å². The zero-order valence-corrected chi connectivity index (χ0v) is 17.3. The third-order valence-electron chi connectivity index (χ3n) is 4.49. The molecule has 4 nitrogen and oxygen atoms in total. The molecular weight excluding hydrogens is 356 g/mol. The van der Waals surface area contributed by atoms with Gasteiger partial charge in [0.15, 0.2) is 0 Å². The first-order valence-electron chi connectivity index (χ1n) is 9.20. The van der Waals surface area contributed by atoms with Crippen molar-refractivity contribution in [1.29, 1.82) is 0 Å². The molecule has 2 amide bonds. The van der Waals surface area contributed by atoms with E-state index in [-0.39, 0.29) is 11.8 Å². The van der Waals surface area contributed by atoms with Gasteiger partial charge in [0, 0.05) is 18.5 Å². The summed E-state index contributed by atoms with van der Waals surface area (Å²) in [5, 5.41) is 2.69. The minimum absolute atomic E-state index is 0.0309. The van der Waals surface area contributed by atoms with E-state index in [1.807, 2.05) is 69.3 Å². The summed E-state index contributed by atoms with van der Waals surface area (Å²) in [6, 6.07) is 15.7. The van der Waals surface area contributed by atoms with Crippen LogP contribution in [-0.2, 0) is 16.1 Å². The number of amides is 2. The number of likely N-dealkylation sites (N-methyl/N-ethyl adjacent to an activating group) is 1. The zero-order valence-electron chi connectivity index (χ0n) is 16.5. The SMILES string of the molecule is CCC(C(=O)NC)N(Cc1ccc(C)cc1)C(=O)CSc1ccc(C)cc1. The van der Waals surface area contributed by atoms with Crippen LogP contribution < -0.4 is 5.32 Å². The molecule has 2 aromatic rings. The van der Waals surface area contributed by atoms with Crippen molar-refractivity contribution in [1.82, 2.24) is 10.2 Å². The lowest BCUT2D eigenvalue weighted by Crippen LogP contribution is -2.48. The number of hydrogen-bond acceptors (Lipinski definition) is 3. The maximum atomic E-state index is 13.0. The van der Waals surface area contributed by atoms with Gasteiger partial charge in [-0.15, -0.1) is 11.8 Å². The number of benzene rings is 2. The van der Waals surface area contributed by atoms with Gasteiger partial charge in [-0.25, -0.2) is 0 Å². The number of carbonyl (C=O) groups is 2. The Bertz CT molecular complexity index is 757. The number of nitrogens with one attached hydrogen (secondary N) is 1. The molecule has 0 fully saturated rings. The van der Waals surface area contributed by atoms with Crippen molar-refractivity contribution in [3.63, 3.8) is 0 Å². The molecular formula is C22H28N2O2S. The second kappa shape index (κ2) is 10.2. The van der Waals surface area contributed by atoms with Gasteiger partial charge in [0.25, 0.3) is 0 Å². The molecule has 1 N–H and O–H groups in total. The second-order valence-corrected chi connectivity index (χ2v) is 7.70. The highest BCUT2D eigenvalue weighted by molar-refractivity contribution is 8.00. The Morgan fingerprint density at radius 3 is 2.07 bits per heavy atom. The van der Waals surface area contributed by atoms with Crippen molar-refractivity contribution in [2.45, 2.75) is 44.7 Å². The Morgan fingerprint density at radius 1 is 1.00 bits per heavy atom. The lowest BCUT2D eigenvalue weighted by Gasteiger charge is -2.30. The molecule has 0 heterocycles. The first-order chi connectivity index (χ1) is 12.9. The van der Waals surface area contributed by atoms with Gasteiger partial charge in [-0.1, -0.05) is 54.4 Å². The van der Waals surface area contributed by atoms with E-state index in [0.29, 0.717) is 18.7 Å².